The molecule has 0 spiro atoms. The molecule has 2 aliphatic rings. The summed E-state index contributed by atoms with van der Waals surface area (Å²) in [6, 6.07) is 0. The Hall–Kier alpha value is -3.06. The van der Waals surface area contributed by atoms with Gasteiger partial charge in [0.25, 0.3) is 0 Å². The van der Waals surface area contributed by atoms with Crippen molar-refractivity contribution in [1.29, 1.82) is 0 Å². The predicted octanol–water partition coefficient (Wildman–Crippen LogP) is 7.04. The van der Waals surface area contributed by atoms with Gasteiger partial charge in [-0.15, -0.1) is 0 Å². The van der Waals surface area contributed by atoms with Gasteiger partial charge in [-0.2, -0.15) is 0 Å². The predicted molar refractivity (Wildman–Crippen MR) is 261 cm³/mol. The van der Waals surface area contributed by atoms with Gasteiger partial charge in [-0.1, -0.05) is 158 Å². The Labute approximate surface area is 406 Å². The smallest absolute Gasteiger partial charge is 0.330 e. The molecule has 68 heavy (non-hydrogen) atoms. The number of ether oxygens (including phenoxy) is 6. The van der Waals surface area contributed by atoms with Crippen molar-refractivity contribution in [2.45, 2.75) is 223 Å². The van der Waals surface area contributed by atoms with Crippen molar-refractivity contribution < 1.29 is 73.8 Å². The highest BCUT2D eigenvalue weighted by Gasteiger charge is 2.47. The number of aliphatic hydroxyl groups is 7. The molecule has 0 aromatic rings. The number of unbranched alkanes of at least 4 members (excludes halogenated alkanes) is 15. The highest BCUT2D eigenvalue weighted by atomic mass is 16.7. The maximum atomic E-state index is 13.0. The quantitative estimate of drug-likeness (QED) is 0.0108. The van der Waals surface area contributed by atoms with E-state index in [0.717, 1.165) is 44.9 Å². The highest BCUT2D eigenvalue weighted by Crippen LogP contribution is 2.26. The first-order chi connectivity index (χ1) is 33.0. The highest BCUT2D eigenvalue weighted by molar-refractivity contribution is 5.82. The Bertz CT molecular complexity index is 1460. The van der Waals surface area contributed by atoms with Crippen molar-refractivity contribution in [3.8, 4) is 0 Å². The van der Waals surface area contributed by atoms with E-state index >= 15 is 0 Å². The van der Waals surface area contributed by atoms with Crippen LogP contribution in [0.2, 0.25) is 0 Å². The summed E-state index contributed by atoms with van der Waals surface area (Å²) in [6.07, 6.45) is 30.0. The van der Waals surface area contributed by atoms with Crippen LogP contribution in [0.3, 0.4) is 0 Å². The third kappa shape index (κ3) is 27.4. The first kappa shape index (κ1) is 61.1. The molecule has 0 saturated carbocycles. The van der Waals surface area contributed by atoms with Crippen LogP contribution in [0.4, 0.5) is 0 Å². The van der Waals surface area contributed by atoms with Crippen LogP contribution in [0.15, 0.2) is 72.9 Å². The SMILES string of the molecule is CCCCC/C=C/C/C=C/C/C=C/C/C=C/CCCC(=O)O[C@H](COC(=O)/C=C/C=C/CCCCCCCCCCCCC)CO[C@H]1O[C@@H](CO[C@H]2O[C@@H](CO)[C@@H](O)C(O)C2O)[C@@H](O)C(O)C1O. The van der Waals surface area contributed by atoms with Gasteiger partial charge in [0.1, 0.15) is 55.4 Å². The summed E-state index contributed by atoms with van der Waals surface area (Å²) in [5, 5.41) is 72.0. The number of rotatable bonds is 38. The van der Waals surface area contributed by atoms with Gasteiger partial charge in [0, 0.05) is 12.5 Å². The fraction of sp³-hybridized carbons (Fsp3) is 0.736. The Morgan fingerprint density at radius 3 is 1.57 bits per heavy atom. The summed E-state index contributed by atoms with van der Waals surface area (Å²) < 4.78 is 33.3. The van der Waals surface area contributed by atoms with Gasteiger partial charge in [0.15, 0.2) is 18.7 Å². The van der Waals surface area contributed by atoms with Gasteiger partial charge in [0.2, 0.25) is 0 Å². The molecule has 0 aromatic carbocycles. The number of hydrogen-bond acceptors (Lipinski definition) is 15. The van der Waals surface area contributed by atoms with Crippen molar-refractivity contribution >= 4 is 11.9 Å². The van der Waals surface area contributed by atoms with E-state index in [-0.39, 0.29) is 6.42 Å². The van der Waals surface area contributed by atoms with E-state index in [4.69, 9.17) is 28.4 Å². The summed E-state index contributed by atoms with van der Waals surface area (Å²) in [6.45, 7) is 2.37. The first-order valence-electron chi connectivity index (χ1n) is 25.6. The molecule has 0 radical (unpaired) electrons. The summed E-state index contributed by atoms with van der Waals surface area (Å²) in [5.41, 5.74) is 0. The van der Waals surface area contributed by atoms with Crippen molar-refractivity contribution in [2.75, 3.05) is 26.4 Å². The fourth-order valence-electron chi connectivity index (χ4n) is 7.53. The van der Waals surface area contributed by atoms with Crippen molar-refractivity contribution in [1.82, 2.24) is 0 Å². The number of allylic oxidation sites excluding steroid dienone is 11. The van der Waals surface area contributed by atoms with Crippen LogP contribution in [-0.4, -0.2) is 142 Å². The van der Waals surface area contributed by atoms with Gasteiger partial charge in [0.05, 0.1) is 19.8 Å². The molecule has 2 aliphatic heterocycles. The molecule has 0 aliphatic carbocycles. The van der Waals surface area contributed by atoms with Gasteiger partial charge in [-0.3, -0.25) is 4.79 Å². The monoisotopic (exact) mass is 965 g/mol. The lowest BCUT2D eigenvalue weighted by Crippen LogP contribution is -2.61. The lowest BCUT2D eigenvalue weighted by atomic mass is 9.98. The fourth-order valence-corrected chi connectivity index (χ4v) is 7.53. The summed E-state index contributed by atoms with van der Waals surface area (Å²) in [7, 11) is 0. The molecule has 0 amide bonds. The maximum Gasteiger partial charge on any atom is 0.330 e. The largest absolute Gasteiger partial charge is 0.458 e. The van der Waals surface area contributed by atoms with E-state index in [2.05, 4.69) is 50.3 Å². The second kappa shape index (κ2) is 39.6. The lowest BCUT2D eigenvalue weighted by molar-refractivity contribution is -0.332. The van der Waals surface area contributed by atoms with Crippen LogP contribution < -0.4 is 0 Å². The van der Waals surface area contributed by atoms with Crippen LogP contribution in [0.1, 0.15) is 155 Å². The molecular formula is C53H88O15. The van der Waals surface area contributed by atoms with Gasteiger partial charge in [-0.25, -0.2) is 4.79 Å². The Balaban J connectivity index is 1.88. The molecule has 15 heteroatoms. The number of carbonyl (C=O) groups excluding carboxylic acids is 2. The van der Waals surface area contributed by atoms with Crippen LogP contribution in [0, 0.1) is 0 Å². The molecule has 0 aromatic heterocycles. The second-order valence-electron chi connectivity index (χ2n) is 17.7. The molecule has 2 rings (SSSR count). The minimum atomic E-state index is -1.79. The van der Waals surface area contributed by atoms with Crippen molar-refractivity contribution in [3.05, 3.63) is 72.9 Å². The summed E-state index contributed by atoms with van der Waals surface area (Å²) >= 11 is 0. The Kier molecular flexibility index (Phi) is 35.6. The minimum absolute atomic E-state index is 0.0666. The third-order valence-corrected chi connectivity index (χ3v) is 11.8. The van der Waals surface area contributed by atoms with Gasteiger partial charge >= 0.3 is 11.9 Å². The summed E-state index contributed by atoms with van der Waals surface area (Å²) in [4.78, 5) is 25.6. The normalized spacial score (nSPS) is 26.4. The molecule has 390 valence electrons. The number of aliphatic hydroxyl groups excluding tert-OH is 7. The Morgan fingerprint density at radius 2 is 0.985 bits per heavy atom. The molecular weight excluding hydrogens is 877 g/mol. The zero-order valence-electron chi connectivity index (χ0n) is 41.1. The van der Waals surface area contributed by atoms with Crippen LogP contribution >= 0.6 is 0 Å². The van der Waals surface area contributed by atoms with E-state index in [1.807, 2.05) is 18.2 Å². The molecule has 2 heterocycles. The van der Waals surface area contributed by atoms with Crippen molar-refractivity contribution in [3.63, 3.8) is 0 Å². The average Bonchev–Trinajstić information content (AvgIpc) is 3.33. The van der Waals surface area contributed by atoms with Crippen LogP contribution in [0.5, 0.6) is 0 Å². The minimum Gasteiger partial charge on any atom is -0.458 e. The lowest BCUT2D eigenvalue weighted by Gasteiger charge is -2.42. The average molecular weight is 965 g/mol. The first-order valence-corrected chi connectivity index (χ1v) is 25.6. The van der Waals surface area contributed by atoms with Gasteiger partial charge < -0.3 is 64.2 Å². The van der Waals surface area contributed by atoms with E-state index in [1.54, 1.807) is 12.2 Å². The van der Waals surface area contributed by atoms with Gasteiger partial charge in [-0.05, 0) is 57.8 Å². The molecule has 4 unspecified atom stereocenters. The van der Waals surface area contributed by atoms with E-state index in [1.165, 1.54) is 83.1 Å². The number of hydrogen-bond donors (Lipinski definition) is 7. The Morgan fingerprint density at radius 1 is 0.515 bits per heavy atom. The second-order valence-corrected chi connectivity index (χ2v) is 17.7. The van der Waals surface area contributed by atoms with E-state index in [0.29, 0.717) is 12.8 Å². The van der Waals surface area contributed by atoms with Crippen LogP contribution in [-0.2, 0) is 38.0 Å². The number of carbonyl (C=O) groups is 2. The van der Waals surface area contributed by atoms with E-state index < -0.39 is 106 Å². The summed E-state index contributed by atoms with van der Waals surface area (Å²) in [5.74, 6) is -1.25. The number of esters is 2. The zero-order chi connectivity index (χ0) is 49.6. The van der Waals surface area contributed by atoms with Crippen molar-refractivity contribution in [2.24, 2.45) is 0 Å². The molecule has 15 nitrogen and oxygen atoms in total. The molecule has 7 N–H and O–H groups in total. The maximum absolute atomic E-state index is 13.0. The topological polar surface area (TPSA) is 231 Å². The molecule has 2 saturated heterocycles. The van der Waals surface area contributed by atoms with Crippen LogP contribution in [0.25, 0.3) is 0 Å². The molecule has 2 fully saturated rings. The molecule has 0 bridgehead atoms. The van der Waals surface area contributed by atoms with E-state index in [9.17, 15) is 45.3 Å². The third-order valence-electron chi connectivity index (χ3n) is 11.8. The standard InChI is InChI=1S/C53H88O15/c1-3-5-7-9-11-13-15-17-19-20-22-24-26-28-30-32-34-36-45(56)66-41(38-63-44(55)35-33-31-29-27-25-23-21-18-16-14-12-10-8-6-4-2)39-64-52-51(62)49(60)47(58)43(68-52)40-65-53-50(61)48(59)46(57)42(37-54)67-53/h11,13,17,19,22,24,28-31,33,35,41-43,46-54,57-62H,3-10,12,14-16,18,20-21,23,25-27,32,34,36-40H2,1-2H3/b13-11+,19-17+,24-22+,30-28+,31-29+,35-33+/t41-,42+,43+,46-,47-,48?,49?,50?,51?,52+,53+/m1/s1. The molecule has 11 atom stereocenters. The zero-order valence-corrected chi connectivity index (χ0v) is 41.1.